The highest BCUT2D eigenvalue weighted by atomic mass is 32.2. The molecule has 0 spiro atoms. The molecule has 0 saturated heterocycles. The summed E-state index contributed by atoms with van der Waals surface area (Å²) >= 11 is 0. The van der Waals surface area contributed by atoms with Crippen LogP contribution in [0.5, 0.6) is 0 Å². The summed E-state index contributed by atoms with van der Waals surface area (Å²) < 4.78 is 32.3. The Morgan fingerprint density at radius 1 is 1.14 bits per heavy atom. The van der Waals surface area contributed by atoms with Gasteiger partial charge in [0.25, 0.3) is 5.91 Å². The maximum absolute atomic E-state index is 12.9. The Bertz CT molecular complexity index is 954. The molecule has 0 atom stereocenters. The second-order valence-electron chi connectivity index (χ2n) is 7.55. The van der Waals surface area contributed by atoms with Crippen LogP contribution < -0.4 is 10.0 Å². The van der Waals surface area contributed by atoms with Crippen molar-refractivity contribution in [2.75, 3.05) is 26.8 Å². The van der Waals surface area contributed by atoms with Crippen LogP contribution >= 0.6 is 0 Å². The number of amides is 1. The fourth-order valence-electron chi connectivity index (χ4n) is 3.68. The minimum atomic E-state index is -3.70. The fourth-order valence-corrected chi connectivity index (χ4v) is 4.72. The number of carbonyl (C=O) groups is 1. The third-order valence-corrected chi connectivity index (χ3v) is 7.11. The number of hydrogen-bond acceptors (Lipinski definition) is 4. The lowest BCUT2D eigenvalue weighted by Crippen LogP contribution is -2.45. The number of methoxy groups -OCH3 is 1. The Labute approximate surface area is 172 Å². The molecule has 3 rings (SSSR count). The molecule has 2 aromatic rings. The molecule has 2 aromatic carbocycles. The average Bonchev–Trinajstić information content (AvgIpc) is 2.68. The maximum Gasteiger partial charge on any atom is 0.251 e. The number of rotatable bonds is 9. The maximum atomic E-state index is 12.9. The quantitative estimate of drug-likeness (QED) is 0.616. The zero-order chi connectivity index (χ0) is 20.9. The standard InChI is InChI=1S/C22H28N2O4S/c1-17-9-10-19(29(26,27)24-13-14-28-2)15-20(17)21(25)23-16-22(11-6-12-22)18-7-4-3-5-8-18/h3-5,7-10,15,24H,6,11-14,16H2,1-2H3,(H,23,25). The summed E-state index contributed by atoms with van der Waals surface area (Å²) in [5, 5.41) is 3.04. The third-order valence-electron chi connectivity index (χ3n) is 5.65. The van der Waals surface area contributed by atoms with E-state index in [1.165, 1.54) is 24.8 Å². The van der Waals surface area contributed by atoms with E-state index in [2.05, 4.69) is 22.2 Å². The predicted molar refractivity (Wildman–Crippen MR) is 113 cm³/mol. The van der Waals surface area contributed by atoms with Gasteiger partial charge in [-0.3, -0.25) is 4.79 Å². The monoisotopic (exact) mass is 416 g/mol. The van der Waals surface area contributed by atoms with Crippen LogP contribution in [0.2, 0.25) is 0 Å². The van der Waals surface area contributed by atoms with Crippen LogP contribution in [0.15, 0.2) is 53.4 Å². The van der Waals surface area contributed by atoms with Gasteiger partial charge in [0.2, 0.25) is 10.0 Å². The molecule has 0 heterocycles. The molecule has 7 heteroatoms. The molecule has 0 unspecified atom stereocenters. The average molecular weight is 417 g/mol. The largest absolute Gasteiger partial charge is 0.383 e. The van der Waals surface area contributed by atoms with E-state index >= 15 is 0 Å². The van der Waals surface area contributed by atoms with Crippen LogP contribution in [0.1, 0.15) is 40.7 Å². The number of benzene rings is 2. The Morgan fingerprint density at radius 2 is 1.86 bits per heavy atom. The number of ether oxygens (including phenoxy) is 1. The number of sulfonamides is 1. The summed E-state index contributed by atoms with van der Waals surface area (Å²) in [6.45, 7) is 2.80. The minimum Gasteiger partial charge on any atom is -0.383 e. The molecule has 6 nitrogen and oxygen atoms in total. The second-order valence-corrected chi connectivity index (χ2v) is 9.32. The van der Waals surface area contributed by atoms with Crippen molar-refractivity contribution in [3.63, 3.8) is 0 Å². The molecule has 1 aliphatic carbocycles. The molecule has 1 saturated carbocycles. The molecular formula is C22H28N2O4S. The molecule has 0 radical (unpaired) electrons. The lowest BCUT2D eigenvalue weighted by atomic mass is 9.64. The van der Waals surface area contributed by atoms with Crippen LogP contribution in [0.4, 0.5) is 0 Å². The van der Waals surface area contributed by atoms with E-state index in [0.29, 0.717) is 12.1 Å². The van der Waals surface area contributed by atoms with E-state index in [9.17, 15) is 13.2 Å². The molecule has 29 heavy (non-hydrogen) atoms. The van der Waals surface area contributed by atoms with Crippen LogP contribution in [-0.4, -0.2) is 41.1 Å². The first-order chi connectivity index (χ1) is 13.9. The summed E-state index contributed by atoms with van der Waals surface area (Å²) in [5.41, 5.74) is 2.32. The van der Waals surface area contributed by atoms with Gasteiger partial charge in [-0.2, -0.15) is 0 Å². The first-order valence-electron chi connectivity index (χ1n) is 9.81. The Kier molecular flexibility index (Phi) is 6.72. The van der Waals surface area contributed by atoms with Gasteiger partial charge in [-0.25, -0.2) is 13.1 Å². The fraction of sp³-hybridized carbons (Fsp3) is 0.409. The molecule has 0 aliphatic heterocycles. The smallest absolute Gasteiger partial charge is 0.251 e. The number of hydrogen-bond donors (Lipinski definition) is 2. The summed E-state index contributed by atoms with van der Waals surface area (Å²) in [4.78, 5) is 13.0. The van der Waals surface area contributed by atoms with Crippen LogP contribution in [0, 0.1) is 6.92 Å². The molecule has 0 bridgehead atoms. The highest BCUT2D eigenvalue weighted by Crippen LogP contribution is 2.43. The van der Waals surface area contributed by atoms with Crippen LogP contribution in [0.25, 0.3) is 0 Å². The zero-order valence-electron chi connectivity index (χ0n) is 16.9. The van der Waals surface area contributed by atoms with Crippen molar-refractivity contribution in [3.8, 4) is 0 Å². The summed E-state index contributed by atoms with van der Waals surface area (Å²) in [7, 11) is -2.19. The van der Waals surface area contributed by atoms with E-state index in [0.717, 1.165) is 24.8 Å². The summed E-state index contributed by atoms with van der Waals surface area (Å²) in [5.74, 6) is -0.251. The zero-order valence-corrected chi connectivity index (χ0v) is 17.7. The van der Waals surface area contributed by atoms with Gasteiger partial charge < -0.3 is 10.1 Å². The van der Waals surface area contributed by atoms with E-state index in [4.69, 9.17) is 4.74 Å². The van der Waals surface area contributed by atoms with Gasteiger partial charge in [-0.05, 0) is 43.0 Å². The van der Waals surface area contributed by atoms with Crippen molar-refractivity contribution in [2.45, 2.75) is 36.5 Å². The SMILES string of the molecule is COCCNS(=O)(=O)c1ccc(C)c(C(=O)NCC2(c3ccccc3)CCC2)c1. The molecule has 1 fully saturated rings. The Morgan fingerprint density at radius 3 is 2.48 bits per heavy atom. The third kappa shape index (κ3) is 4.86. The topological polar surface area (TPSA) is 84.5 Å². The van der Waals surface area contributed by atoms with Crippen molar-refractivity contribution in [1.82, 2.24) is 10.0 Å². The number of carbonyl (C=O) groups excluding carboxylic acids is 1. The van der Waals surface area contributed by atoms with Gasteiger partial charge in [0.1, 0.15) is 0 Å². The van der Waals surface area contributed by atoms with E-state index in [1.807, 2.05) is 18.2 Å². The number of nitrogens with one attached hydrogen (secondary N) is 2. The first kappa shape index (κ1) is 21.5. The van der Waals surface area contributed by atoms with E-state index < -0.39 is 10.0 Å². The van der Waals surface area contributed by atoms with Crippen LogP contribution in [0.3, 0.4) is 0 Å². The van der Waals surface area contributed by atoms with Gasteiger partial charge in [0.05, 0.1) is 11.5 Å². The van der Waals surface area contributed by atoms with Gasteiger partial charge in [-0.1, -0.05) is 42.8 Å². The van der Waals surface area contributed by atoms with Gasteiger partial charge in [0.15, 0.2) is 0 Å². The molecule has 156 valence electrons. The highest BCUT2D eigenvalue weighted by molar-refractivity contribution is 7.89. The molecular weight excluding hydrogens is 388 g/mol. The van der Waals surface area contributed by atoms with Crippen molar-refractivity contribution in [2.24, 2.45) is 0 Å². The van der Waals surface area contributed by atoms with Gasteiger partial charge >= 0.3 is 0 Å². The highest BCUT2D eigenvalue weighted by Gasteiger charge is 2.38. The Hall–Kier alpha value is -2.22. The summed E-state index contributed by atoms with van der Waals surface area (Å²) in [6, 6.07) is 14.9. The van der Waals surface area contributed by atoms with Crippen molar-refractivity contribution in [3.05, 3.63) is 65.2 Å². The first-order valence-corrected chi connectivity index (χ1v) is 11.3. The molecule has 1 aliphatic rings. The Balaban J connectivity index is 1.74. The van der Waals surface area contributed by atoms with Gasteiger partial charge in [0, 0.05) is 31.2 Å². The van der Waals surface area contributed by atoms with Gasteiger partial charge in [-0.15, -0.1) is 0 Å². The second kappa shape index (κ2) is 9.07. The minimum absolute atomic E-state index is 0.0315. The molecule has 1 amide bonds. The lowest BCUT2D eigenvalue weighted by Gasteiger charge is -2.42. The van der Waals surface area contributed by atoms with E-state index in [1.54, 1.807) is 13.0 Å². The normalized spacial score (nSPS) is 15.5. The predicted octanol–water partition coefficient (Wildman–Crippen LogP) is 2.77. The van der Waals surface area contributed by atoms with E-state index in [-0.39, 0.29) is 29.4 Å². The number of aryl methyl sites for hydroxylation is 1. The summed E-state index contributed by atoms with van der Waals surface area (Å²) in [6.07, 6.45) is 3.22. The van der Waals surface area contributed by atoms with Crippen LogP contribution in [-0.2, 0) is 20.2 Å². The molecule has 0 aromatic heterocycles. The molecule has 2 N–H and O–H groups in total. The van der Waals surface area contributed by atoms with Crippen molar-refractivity contribution < 1.29 is 17.9 Å². The lowest BCUT2D eigenvalue weighted by molar-refractivity contribution is 0.0927. The van der Waals surface area contributed by atoms with Crippen molar-refractivity contribution in [1.29, 1.82) is 0 Å². The van der Waals surface area contributed by atoms with Crippen molar-refractivity contribution >= 4 is 15.9 Å².